The zero-order chi connectivity index (χ0) is 16.6. The summed E-state index contributed by atoms with van der Waals surface area (Å²) in [6.07, 6.45) is 3.49. The van der Waals surface area contributed by atoms with Gasteiger partial charge in [0.1, 0.15) is 6.04 Å². The topological polar surface area (TPSA) is 66.5 Å². The number of nitrogens with zero attached hydrogens (tertiary/aromatic N) is 1. The average Bonchev–Trinajstić information content (AvgIpc) is 2.81. The predicted octanol–water partition coefficient (Wildman–Crippen LogP) is 2.50. The molecule has 3 amide bonds. The molecular formula is C18H22N2O3. The fourth-order valence-electron chi connectivity index (χ4n) is 3.57. The first-order chi connectivity index (χ1) is 11.0. The summed E-state index contributed by atoms with van der Waals surface area (Å²) in [5.74, 6) is -1.11. The number of carbonyl (C=O) groups is 3. The molecule has 1 aliphatic heterocycles. The predicted molar refractivity (Wildman–Crippen MR) is 86.6 cm³/mol. The molecule has 1 saturated heterocycles. The number of aryl methyl sites for hydroxylation is 1. The molecule has 0 radical (unpaired) electrons. The first-order valence-corrected chi connectivity index (χ1v) is 8.23. The van der Waals surface area contributed by atoms with E-state index in [1.165, 1.54) is 4.90 Å². The second-order valence-electron chi connectivity index (χ2n) is 6.58. The van der Waals surface area contributed by atoms with Gasteiger partial charge in [0, 0.05) is 5.69 Å². The standard InChI is InChI=1S/C18H22N2O3/c1-11-7-9-13(10-8-11)19-16(21)12(2)20-17(22)14-5-3-4-6-15(14)18(20)23/h7-10,12,14-15H,3-6H2,1-2H3,(H,19,21). The van der Waals surface area contributed by atoms with Gasteiger partial charge < -0.3 is 5.32 Å². The number of imide groups is 1. The number of anilines is 1. The van der Waals surface area contributed by atoms with Crippen LogP contribution in [0.4, 0.5) is 5.69 Å². The fraction of sp³-hybridized carbons (Fsp3) is 0.500. The van der Waals surface area contributed by atoms with Crippen molar-refractivity contribution in [3.63, 3.8) is 0 Å². The molecular weight excluding hydrogens is 292 g/mol. The van der Waals surface area contributed by atoms with E-state index in [0.29, 0.717) is 5.69 Å². The van der Waals surface area contributed by atoms with Crippen LogP contribution < -0.4 is 5.32 Å². The lowest BCUT2D eigenvalue weighted by Gasteiger charge is -2.22. The van der Waals surface area contributed by atoms with Gasteiger partial charge in [0.2, 0.25) is 17.7 Å². The Hall–Kier alpha value is -2.17. The molecule has 0 spiro atoms. The van der Waals surface area contributed by atoms with Crippen LogP contribution in [0, 0.1) is 18.8 Å². The smallest absolute Gasteiger partial charge is 0.247 e. The Labute approximate surface area is 136 Å². The lowest BCUT2D eigenvalue weighted by atomic mass is 9.81. The number of nitrogens with one attached hydrogen (secondary N) is 1. The normalized spacial score (nSPS) is 25.2. The quantitative estimate of drug-likeness (QED) is 0.872. The van der Waals surface area contributed by atoms with Crippen molar-refractivity contribution < 1.29 is 14.4 Å². The third kappa shape index (κ3) is 2.87. The average molecular weight is 314 g/mol. The number of fused-ring (bicyclic) bond motifs is 1. The van der Waals surface area contributed by atoms with E-state index in [9.17, 15) is 14.4 Å². The van der Waals surface area contributed by atoms with Gasteiger partial charge in [-0.2, -0.15) is 0 Å². The van der Waals surface area contributed by atoms with E-state index in [1.54, 1.807) is 6.92 Å². The molecule has 1 aliphatic carbocycles. The second kappa shape index (κ2) is 6.14. The Morgan fingerprint density at radius 1 is 1.09 bits per heavy atom. The Kier molecular flexibility index (Phi) is 4.20. The van der Waals surface area contributed by atoms with Crippen molar-refractivity contribution in [2.45, 2.75) is 45.6 Å². The zero-order valence-corrected chi connectivity index (χ0v) is 13.5. The van der Waals surface area contributed by atoms with Gasteiger partial charge >= 0.3 is 0 Å². The SMILES string of the molecule is Cc1ccc(NC(=O)C(C)N2C(=O)C3CCCCC3C2=O)cc1. The summed E-state index contributed by atoms with van der Waals surface area (Å²) in [6.45, 7) is 3.59. The van der Waals surface area contributed by atoms with Crippen LogP contribution >= 0.6 is 0 Å². The molecule has 1 heterocycles. The molecule has 1 aromatic rings. The summed E-state index contributed by atoms with van der Waals surface area (Å²) >= 11 is 0. The van der Waals surface area contributed by atoms with E-state index in [-0.39, 0.29) is 29.6 Å². The minimum atomic E-state index is -0.776. The van der Waals surface area contributed by atoms with Gasteiger partial charge in [-0.15, -0.1) is 0 Å². The van der Waals surface area contributed by atoms with E-state index >= 15 is 0 Å². The van der Waals surface area contributed by atoms with Crippen LogP contribution in [0.2, 0.25) is 0 Å². The Morgan fingerprint density at radius 2 is 1.61 bits per heavy atom. The van der Waals surface area contributed by atoms with Gasteiger partial charge in [-0.1, -0.05) is 30.5 Å². The number of amides is 3. The molecule has 2 fully saturated rings. The van der Waals surface area contributed by atoms with Crippen molar-refractivity contribution in [2.24, 2.45) is 11.8 Å². The molecule has 0 aromatic heterocycles. The highest BCUT2D eigenvalue weighted by molar-refractivity contribution is 6.09. The van der Waals surface area contributed by atoms with Gasteiger partial charge in [0.15, 0.2) is 0 Å². The van der Waals surface area contributed by atoms with Gasteiger partial charge in [0.25, 0.3) is 0 Å². The highest BCUT2D eigenvalue weighted by atomic mass is 16.2. The molecule has 2 aliphatic rings. The Morgan fingerprint density at radius 3 is 2.13 bits per heavy atom. The first-order valence-electron chi connectivity index (χ1n) is 8.23. The third-order valence-corrected chi connectivity index (χ3v) is 4.96. The third-order valence-electron chi connectivity index (χ3n) is 4.96. The maximum absolute atomic E-state index is 12.5. The monoisotopic (exact) mass is 314 g/mol. The second-order valence-corrected chi connectivity index (χ2v) is 6.58. The number of carbonyl (C=O) groups excluding carboxylic acids is 3. The molecule has 5 nitrogen and oxygen atoms in total. The minimum absolute atomic E-state index is 0.175. The van der Waals surface area contributed by atoms with E-state index < -0.39 is 6.04 Å². The van der Waals surface area contributed by atoms with E-state index in [4.69, 9.17) is 0 Å². The van der Waals surface area contributed by atoms with Crippen LogP contribution in [0.15, 0.2) is 24.3 Å². The lowest BCUT2D eigenvalue weighted by Crippen LogP contribution is -2.46. The van der Waals surface area contributed by atoms with Crippen LogP contribution in [0.1, 0.15) is 38.2 Å². The lowest BCUT2D eigenvalue weighted by molar-refractivity contribution is -0.146. The molecule has 0 bridgehead atoms. The molecule has 3 rings (SSSR count). The fourth-order valence-corrected chi connectivity index (χ4v) is 3.57. The molecule has 23 heavy (non-hydrogen) atoms. The number of benzene rings is 1. The zero-order valence-electron chi connectivity index (χ0n) is 13.5. The van der Waals surface area contributed by atoms with E-state index in [1.807, 2.05) is 31.2 Å². The summed E-state index contributed by atoms with van der Waals surface area (Å²) in [4.78, 5) is 38.6. The highest BCUT2D eigenvalue weighted by Gasteiger charge is 2.50. The summed E-state index contributed by atoms with van der Waals surface area (Å²) in [7, 11) is 0. The summed E-state index contributed by atoms with van der Waals surface area (Å²) < 4.78 is 0. The molecule has 3 unspecified atom stereocenters. The number of hydrogen-bond donors (Lipinski definition) is 1. The van der Waals surface area contributed by atoms with E-state index in [2.05, 4.69) is 5.32 Å². The van der Waals surface area contributed by atoms with Crippen molar-refractivity contribution >= 4 is 23.4 Å². The number of hydrogen-bond acceptors (Lipinski definition) is 3. The van der Waals surface area contributed by atoms with Crippen LogP contribution in [-0.2, 0) is 14.4 Å². The largest absolute Gasteiger partial charge is 0.324 e. The molecule has 122 valence electrons. The minimum Gasteiger partial charge on any atom is -0.324 e. The summed E-state index contributed by atoms with van der Waals surface area (Å²) in [5, 5.41) is 2.78. The highest BCUT2D eigenvalue weighted by Crippen LogP contribution is 2.38. The molecule has 1 N–H and O–H groups in total. The van der Waals surface area contributed by atoms with Gasteiger partial charge in [-0.3, -0.25) is 19.3 Å². The Balaban J connectivity index is 1.72. The maximum atomic E-state index is 12.5. The summed E-state index contributed by atoms with van der Waals surface area (Å²) in [5.41, 5.74) is 1.77. The van der Waals surface area contributed by atoms with Crippen LogP contribution in [-0.4, -0.2) is 28.7 Å². The maximum Gasteiger partial charge on any atom is 0.247 e. The van der Waals surface area contributed by atoms with Crippen molar-refractivity contribution in [3.05, 3.63) is 29.8 Å². The molecule has 3 atom stereocenters. The molecule has 1 saturated carbocycles. The van der Waals surface area contributed by atoms with Crippen molar-refractivity contribution in [2.75, 3.05) is 5.32 Å². The van der Waals surface area contributed by atoms with Crippen LogP contribution in [0.5, 0.6) is 0 Å². The van der Waals surface area contributed by atoms with Gasteiger partial charge in [-0.05, 0) is 38.8 Å². The Bertz CT molecular complexity index is 614. The van der Waals surface area contributed by atoms with Gasteiger partial charge in [-0.25, -0.2) is 0 Å². The van der Waals surface area contributed by atoms with E-state index in [0.717, 1.165) is 31.2 Å². The molecule has 1 aromatic carbocycles. The van der Waals surface area contributed by atoms with Crippen molar-refractivity contribution in [1.29, 1.82) is 0 Å². The summed E-state index contributed by atoms with van der Waals surface area (Å²) in [6, 6.07) is 6.66. The van der Waals surface area contributed by atoms with Crippen LogP contribution in [0.25, 0.3) is 0 Å². The molecule has 5 heteroatoms. The van der Waals surface area contributed by atoms with Crippen molar-refractivity contribution in [3.8, 4) is 0 Å². The first kappa shape index (κ1) is 15.7. The number of likely N-dealkylation sites (tertiary alicyclic amines) is 1. The van der Waals surface area contributed by atoms with Crippen LogP contribution in [0.3, 0.4) is 0 Å². The van der Waals surface area contributed by atoms with Crippen molar-refractivity contribution in [1.82, 2.24) is 4.90 Å². The number of rotatable bonds is 3. The van der Waals surface area contributed by atoms with Gasteiger partial charge in [0.05, 0.1) is 11.8 Å².